The summed E-state index contributed by atoms with van der Waals surface area (Å²) in [7, 11) is 0. The molecule has 2 heterocycles. The highest BCUT2D eigenvalue weighted by atomic mass is 14.8. The second kappa shape index (κ2) is 2.70. The summed E-state index contributed by atoms with van der Waals surface area (Å²) in [6.45, 7) is 0. The van der Waals surface area contributed by atoms with Crippen LogP contribution >= 0.6 is 0 Å². The molecule has 0 unspecified atom stereocenters. The molecule has 0 radical (unpaired) electrons. The van der Waals surface area contributed by atoms with Crippen molar-refractivity contribution in [2.75, 3.05) is 5.73 Å². The van der Waals surface area contributed by atoms with E-state index < -0.39 is 0 Å². The maximum absolute atomic E-state index is 5.70. The number of rotatable bonds is 1. The third-order valence-corrected chi connectivity index (χ3v) is 1.70. The van der Waals surface area contributed by atoms with E-state index in [0.29, 0.717) is 0 Å². The van der Waals surface area contributed by atoms with Crippen molar-refractivity contribution in [2.24, 2.45) is 0 Å². The second-order valence-electron chi connectivity index (χ2n) is 2.52. The van der Waals surface area contributed by atoms with Gasteiger partial charge < -0.3 is 10.7 Å². The lowest BCUT2D eigenvalue weighted by Gasteiger charge is -1.97. The zero-order valence-corrected chi connectivity index (χ0v) is 6.49. The van der Waals surface area contributed by atoms with Crippen LogP contribution in [0.25, 0.3) is 11.4 Å². The lowest BCUT2D eigenvalue weighted by atomic mass is 10.2. The van der Waals surface area contributed by atoms with Gasteiger partial charge in [0.05, 0.1) is 17.1 Å². The number of aromatic nitrogens is 2. The van der Waals surface area contributed by atoms with Crippen LogP contribution in [-0.2, 0) is 0 Å². The maximum atomic E-state index is 5.70. The monoisotopic (exact) mass is 159 g/mol. The number of hydrogen-bond acceptors (Lipinski definition) is 2. The first-order valence-electron chi connectivity index (χ1n) is 3.72. The molecule has 0 fully saturated rings. The SMILES string of the molecule is Nc1cc[nH]c1-c1ccccn1. The Morgan fingerprint density at radius 2 is 2.17 bits per heavy atom. The number of anilines is 1. The zero-order chi connectivity index (χ0) is 8.39. The Labute approximate surface area is 70.3 Å². The van der Waals surface area contributed by atoms with Gasteiger partial charge in [0, 0.05) is 12.4 Å². The molecule has 0 aliphatic rings. The van der Waals surface area contributed by atoms with E-state index in [2.05, 4.69) is 9.97 Å². The highest BCUT2D eigenvalue weighted by molar-refractivity contribution is 5.69. The molecule has 2 aromatic rings. The summed E-state index contributed by atoms with van der Waals surface area (Å²) < 4.78 is 0. The number of pyridine rings is 1. The van der Waals surface area contributed by atoms with Crippen molar-refractivity contribution < 1.29 is 0 Å². The molecule has 60 valence electrons. The average Bonchev–Trinajstić information content (AvgIpc) is 2.53. The fourth-order valence-corrected chi connectivity index (χ4v) is 1.11. The first kappa shape index (κ1) is 6.91. The third kappa shape index (κ3) is 1.05. The van der Waals surface area contributed by atoms with Crippen molar-refractivity contribution >= 4 is 5.69 Å². The Morgan fingerprint density at radius 3 is 2.75 bits per heavy atom. The van der Waals surface area contributed by atoms with Gasteiger partial charge in [-0.15, -0.1) is 0 Å². The Morgan fingerprint density at radius 1 is 1.25 bits per heavy atom. The third-order valence-electron chi connectivity index (χ3n) is 1.70. The predicted octanol–water partition coefficient (Wildman–Crippen LogP) is 1.66. The van der Waals surface area contributed by atoms with E-state index >= 15 is 0 Å². The number of H-pyrrole nitrogens is 1. The van der Waals surface area contributed by atoms with E-state index in [1.807, 2.05) is 24.3 Å². The Hall–Kier alpha value is -1.77. The molecule has 2 rings (SSSR count). The molecule has 0 saturated heterocycles. The maximum Gasteiger partial charge on any atom is 0.0885 e. The molecule has 0 spiro atoms. The summed E-state index contributed by atoms with van der Waals surface area (Å²) in [5.41, 5.74) is 8.19. The molecule has 3 N–H and O–H groups in total. The summed E-state index contributed by atoms with van der Waals surface area (Å²) in [5, 5.41) is 0. The van der Waals surface area contributed by atoms with Crippen LogP contribution in [0.5, 0.6) is 0 Å². The number of nitrogens with zero attached hydrogens (tertiary/aromatic N) is 1. The van der Waals surface area contributed by atoms with E-state index in [4.69, 9.17) is 5.73 Å². The van der Waals surface area contributed by atoms with Crippen LogP contribution in [0.3, 0.4) is 0 Å². The topological polar surface area (TPSA) is 54.7 Å². The normalized spacial score (nSPS) is 10.0. The molecule has 3 heteroatoms. The smallest absolute Gasteiger partial charge is 0.0885 e. The van der Waals surface area contributed by atoms with Gasteiger partial charge in [0.1, 0.15) is 0 Å². The van der Waals surface area contributed by atoms with Crippen LogP contribution in [0.4, 0.5) is 5.69 Å². The van der Waals surface area contributed by atoms with Crippen molar-refractivity contribution in [3.05, 3.63) is 36.7 Å². The highest BCUT2D eigenvalue weighted by Crippen LogP contribution is 2.20. The number of hydrogen-bond donors (Lipinski definition) is 2. The minimum absolute atomic E-state index is 0.730. The van der Waals surface area contributed by atoms with Crippen LogP contribution < -0.4 is 5.73 Å². The van der Waals surface area contributed by atoms with Gasteiger partial charge >= 0.3 is 0 Å². The Kier molecular flexibility index (Phi) is 1.55. The minimum Gasteiger partial charge on any atom is -0.397 e. The van der Waals surface area contributed by atoms with Gasteiger partial charge in [-0.3, -0.25) is 4.98 Å². The van der Waals surface area contributed by atoms with E-state index in [9.17, 15) is 0 Å². The van der Waals surface area contributed by atoms with Crippen LogP contribution in [0.2, 0.25) is 0 Å². The molecule has 0 saturated carbocycles. The van der Waals surface area contributed by atoms with Gasteiger partial charge in [-0.25, -0.2) is 0 Å². The summed E-state index contributed by atoms with van der Waals surface area (Å²) in [6, 6.07) is 7.55. The van der Waals surface area contributed by atoms with Gasteiger partial charge in [0.25, 0.3) is 0 Å². The summed E-state index contributed by atoms with van der Waals surface area (Å²) in [6.07, 6.45) is 3.55. The van der Waals surface area contributed by atoms with Crippen molar-refractivity contribution in [3.63, 3.8) is 0 Å². The van der Waals surface area contributed by atoms with E-state index in [0.717, 1.165) is 17.1 Å². The van der Waals surface area contributed by atoms with Crippen molar-refractivity contribution in [2.45, 2.75) is 0 Å². The highest BCUT2D eigenvalue weighted by Gasteiger charge is 2.02. The van der Waals surface area contributed by atoms with E-state index in [1.165, 1.54) is 0 Å². The molecule has 3 nitrogen and oxygen atoms in total. The van der Waals surface area contributed by atoms with Gasteiger partial charge in [0.2, 0.25) is 0 Å². The number of nitrogens with two attached hydrogens (primary N) is 1. The van der Waals surface area contributed by atoms with Gasteiger partial charge in [-0.2, -0.15) is 0 Å². The lowest BCUT2D eigenvalue weighted by Crippen LogP contribution is -1.88. The molecule has 0 amide bonds. The standard InChI is InChI=1S/C9H9N3/c10-7-4-6-12-9(7)8-3-1-2-5-11-8/h1-6,12H,10H2. The predicted molar refractivity (Wildman–Crippen MR) is 48.4 cm³/mol. The molecular weight excluding hydrogens is 150 g/mol. The van der Waals surface area contributed by atoms with Crippen molar-refractivity contribution in [3.8, 4) is 11.4 Å². The van der Waals surface area contributed by atoms with Gasteiger partial charge in [-0.05, 0) is 18.2 Å². The quantitative estimate of drug-likeness (QED) is 0.664. The molecule has 12 heavy (non-hydrogen) atoms. The Balaban J connectivity index is 2.51. The van der Waals surface area contributed by atoms with Crippen LogP contribution in [0.15, 0.2) is 36.7 Å². The first-order valence-corrected chi connectivity index (χ1v) is 3.72. The first-order chi connectivity index (χ1) is 5.88. The molecule has 2 aromatic heterocycles. The van der Waals surface area contributed by atoms with Crippen LogP contribution in [0.1, 0.15) is 0 Å². The summed E-state index contributed by atoms with van der Waals surface area (Å²) in [4.78, 5) is 7.20. The second-order valence-corrected chi connectivity index (χ2v) is 2.52. The largest absolute Gasteiger partial charge is 0.397 e. The lowest BCUT2D eigenvalue weighted by molar-refractivity contribution is 1.28. The average molecular weight is 159 g/mol. The zero-order valence-electron chi connectivity index (χ0n) is 6.49. The number of aromatic amines is 1. The molecule has 0 aromatic carbocycles. The van der Waals surface area contributed by atoms with Gasteiger partial charge in [0.15, 0.2) is 0 Å². The van der Waals surface area contributed by atoms with Crippen molar-refractivity contribution in [1.29, 1.82) is 0 Å². The minimum atomic E-state index is 0.730. The molecule has 0 bridgehead atoms. The van der Waals surface area contributed by atoms with Gasteiger partial charge in [-0.1, -0.05) is 6.07 Å². The van der Waals surface area contributed by atoms with Crippen LogP contribution in [0, 0.1) is 0 Å². The molecular formula is C9H9N3. The molecule has 0 atom stereocenters. The molecule has 0 aliphatic heterocycles. The molecule has 0 aliphatic carbocycles. The number of nitrogens with one attached hydrogen (secondary N) is 1. The summed E-state index contributed by atoms with van der Waals surface area (Å²) in [5.74, 6) is 0. The fourth-order valence-electron chi connectivity index (χ4n) is 1.11. The van der Waals surface area contributed by atoms with Crippen LogP contribution in [-0.4, -0.2) is 9.97 Å². The fraction of sp³-hybridized carbons (Fsp3) is 0. The Bertz CT molecular complexity index is 364. The van der Waals surface area contributed by atoms with Crippen molar-refractivity contribution in [1.82, 2.24) is 9.97 Å². The number of nitrogen functional groups attached to an aromatic ring is 1. The summed E-state index contributed by atoms with van der Waals surface area (Å²) >= 11 is 0. The van der Waals surface area contributed by atoms with E-state index in [-0.39, 0.29) is 0 Å². The van der Waals surface area contributed by atoms with E-state index in [1.54, 1.807) is 12.4 Å².